The van der Waals surface area contributed by atoms with Gasteiger partial charge in [-0.2, -0.15) is 13.2 Å². The summed E-state index contributed by atoms with van der Waals surface area (Å²) in [5.74, 6) is -1.37. The molecule has 9 heteroatoms. The zero-order valence-electron chi connectivity index (χ0n) is 12.4. The van der Waals surface area contributed by atoms with E-state index in [1.54, 1.807) is 6.07 Å². The third kappa shape index (κ3) is 7.67. The van der Waals surface area contributed by atoms with Crippen molar-refractivity contribution in [2.24, 2.45) is 5.92 Å². The molecular weight excluding hydrogens is 307 g/mol. The fourth-order valence-electron chi connectivity index (χ4n) is 1.48. The highest BCUT2D eigenvalue weighted by Gasteiger charge is 2.28. The van der Waals surface area contributed by atoms with Gasteiger partial charge in [0.05, 0.1) is 13.2 Å². The van der Waals surface area contributed by atoms with Crippen LogP contribution in [0.15, 0.2) is 21.3 Å². The molecule has 126 valence electrons. The van der Waals surface area contributed by atoms with Crippen molar-refractivity contribution in [3.8, 4) is 5.75 Å². The molecule has 0 aliphatic heterocycles. The summed E-state index contributed by atoms with van der Waals surface area (Å²) in [5, 5.41) is 8.78. The monoisotopic (exact) mass is 325 g/mol. The van der Waals surface area contributed by atoms with Crippen molar-refractivity contribution in [2.75, 3.05) is 7.11 Å². The summed E-state index contributed by atoms with van der Waals surface area (Å²) in [6.45, 7) is 4.22. The van der Waals surface area contributed by atoms with Gasteiger partial charge >= 0.3 is 11.8 Å². The van der Waals surface area contributed by atoms with Gasteiger partial charge in [0.25, 0.3) is 0 Å². The van der Waals surface area contributed by atoms with Gasteiger partial charge < -0.3 is 24.8 Å². The minimum atomic E-state index is -5.19. The lowest BCUT2D eigenvalue weighted by Crippen LogP contribution is -2.54. The largest absolute Gasteiger partial charge is 0.542 e. The highest BCUT2D eigenvalue weighted by Crippen LogP contribution is 2.19. The Hall–Kier alpha value is -2.03. The molecule has 1 atom stereocenters. The molecule has 0 saturated carbocycles. The average molecular weight is 325 g/mol. The predicted octanol–water partition coefficient (Wildman–Crippen LogP) is 0.276. The second kappa shape index (κ2) is 8.42. The molecule has 0 amide bonds. The summed E-state index contributed by atoms with van der Waals surface area (Å²) in [6.07, 6.45) is -4.31. The quantitative estimate of drug-likeness (QED) is 0.855. The van der Waals surface area contributed by atoms with Gasteiger partial charge in [0.2, 0.25) is 0 Å². The van der Waals surface area contributed by atoms with E-state index in [0.717, 1.165) is 6.42 Å². The average Bonchev–Trinajstić information content (AvgIpc) is 2.36. The van der Waals surface area contributed by atoms with Gasteiger partial charge in [-0.05, 0) is 5.92 Å². The van der Waals surface area contributed by atoms with Gasteiger partial charge in [-0.1, -0.05) is 13.8 Å². The Morgan fingerprint density at radius 3 is 2.27 bits per heavy atom. The molecule has 0 radical (unpaired) electrons. The van der Waals surface area contributed by atoms with Crippen LogP contribution in [0.3, 0.4) is 0 Å². The molecule has 6 nitrogen and oxygen atoms in total. The first-order valence-corrected chi connectivity index (χ1v) is 6.27. The molecule has 0 saturated heterocycles. The fourth-order valence-corrected chi connectivity index (χ4v) is 1.48. The van der Waals surface area contributed by atoms with Crippen molar-refractivity contribution in [1.29, 1.82) is 0 Å². The number of halogens is 3. The number of carbonyl (C=O) groups is 1. The molecule has 1 rings (SSSR count). The number of hydrogen-bond acceptors (Lipinski definition) is 5. The van der Waals surface area contributed by atoms with Crippen molar-refractivity contribution in [1.82, 2.24) is 0 Å². The predicted molar refractivity (Wildman–Crippen MR) is 67.7 cm³/mol. The Kier molecular flexibility index (Phi) is 7.64. The molecule has 0 spiro atoms. The first-order valence-electron chi connectivity index (χ1n) is 6.27. The van der Waals surface area contributed by atoms with E-state index in [1.165, 1.54) is 13.2 Å². The van der Waals surface area contributed by atoms with Gasteiger partial charge in [0, 0.05) is 12.5 Å². The lowest BCUT2D eigenvalue weighted by atomic mass is 10.0. The standard InChI is InChI=1S/C11H17NO3.C2HF3O2/c1-7(2)4-9(12)10-5-8(14-3)6-11(13)15-10;3-2(4,5)1(6)7/h5-7,9H,4,12H2,1-3H3;(H,6,7)/t9-;/m1./s1. The second-order valence-corrected chi connectivity index (χ2v) is 4.83. The van der Waals surface area contributed by atoms with Crippen LogP contribution >= 0.6 is 0 Å². The Balaban J connectivity index is 0.000000534. The third-order valence-corrected chi connectivity index (χ3v) is 2.39. The molecule has 1 aromatic rings. The summed E-state index contributed by atoms with van der Waals surface area (Å²) in [7, 11) is 1.53. The maximum atomic E-state index is 11.2. The third-order valence-electron chi connectivity index (χ3n) is 2.39. The Morgan fingerprint density at radius 1 is 1.41 bits per heavy atom. The second-order valence-electron chi connectivity index (χ2n) is 4.83. The minimum absolute atomic E-state index is 0.00667. The SMILES string of the molecule is COc1cc([C@H]([NH3+])CC(C)C)oc(=O)c1.O=C([O-])C(F)(F)F. The molecule has 0 aliphatic rings. The van der Waals surface area contributed by atoms with Crippen molar-refractivity contribution in [3.05, 3.63) is 28.3 Å². The van der Waals surface area contributed by atoms with E-state index in [-0.39, 0.29) is 11.7 Å². The molecule has 1 heterocycles. The first-order chi connectivity index (χ1) is 9.97. The van der Waals surface area contributed by atoms with E-state index in [4.69, 9.17) is 19.1 Å². The number of carboxylic acid groups (broad SMARTS) is 1. The van der Waals surface area contributed by atoms with Crippen LogP contribution < -0.4 is 21.2 Å². The van der Waals surface area contributed by atoms with Crippen LogP contribution in [0.5, 0.6) is 5.75 Å². The summed E-state index contributed by atoms with van der Waals surface area (Å²) in [4.78, 5) is 20.0. The van der Waals surface area contributed by atoms with E-state index in [1.807, 2.05) is 0 Å². The fraction of sp³-hybridized carbons (Fsp3) is 0.538. The number of carbonyl (C=O) groups excluding carboxylic acids is 1. The Morgan fingerprint density at radius 2 is 1.91 bits per heavy atom. The molecule has 0 unspecified atom stereocenters. The van der Waals surface area contributed by atoms with Crippen LogP contribution in [0, 0.1) is 5.92 Å². The highest BCUT2D eigenvalue weighted by atomic mass is 19.4. The van der Waals surface area contributed by atoms with Crippen LogP contribution in [0.1, 0.15) is 32.1 Å². The summed E-state index contributed by atoms with van der Waals surface area (Å²) in [5.41, 5.74) is 3.59. The topological polar surface area (TPSA) is 107 Å². The molecule has 0 fully saturated rings. The van der Waals surface area contributed by atoms with Crippen LogP contribution in [-0.2, 0) is 4.79 Å². The highest BCUT2D eigenvalue weighted by molar-refractivity contribution is 5.70. The maximum absolute atomic E-state index is 11.2. The Labute approximate surface area is 124 Å². The lowest BCUT2D eigenvalue weighted by molar-refractivity contribution is -0.434. The van der Waals surface area contributed by atoms with Gasteiger partial charge in [0.15, 0.2) is 5.76 Å². The number of ether oxygens (including phenoxy) is 1. The minimum Gasteiger partial charge on any atom is -0.542 e. The van der Waals surface area contributed by atoms with Crippen molar-refractivity contribution in [2.45, 2.75) is 32.5 Å². The molecule has 0 bridgehead atoms. The summed E-state index contributed by atoms with van der Waals surface area (Å²) < 4.78 is 41.6. The number of methoxy groups -OCH3 is 1. The van der Waals surface area contributed by atoms with E-state index in [2.05, 4.69) is 19.6 Å². The van der Waals surface area contributed by atoms with Crippen LogP contribution in [0.25, 0.3) is 0 Å². The van der Waals surface area contributed by atoms with Crippen molar-refractivity contribution < 1.29 is 38.0 Å². The van der Waals surface area contributed by atoms with Gasteiger partial charge in [-0.3, -0.25) is 0 Å². The first kappa shape index (κ1) is 20.0. The summed E-state index contributed by atoms with van der Waals surface area (Å²) in [6, 6.07) is 3.04. The summed E-state index contributed by atoms with van der Waals surface area (Å²) >= 11 is 0. The van der Waals surface area contributed by atoms with Crippen molar-refractivity contribution in [3.63, 3.8) is 0 Å². The smallest absolute Gasteiger partial charge is 0.430 e. The van der Waals surface area contributed by atoms with Crippen LogP contribution in [0.4, 0.5) is 13.2 Å². The zero-order chi connectivity index (χ0) is 17.5. The van der Waals surface area contributed by atoms with E-state index >= 15 is 0 Å². The zero-order valence-corrected chi connectivity index (χ0v) is 12.4. The lowest BCUT2D eigenvalue weighted by Gasteiger charge is -2.10. The maximum Gasteiger partial charge on any atom is 0.430 e. The van der Waals surface area contributed by atoms with E-state index in [0.29, 0.717) is 17.4 Å². The number of alkyl halides is 3. The molecule has 0 aromatic carbocycles. The number of rotatable bonds is 4. The van der Waals surface area contributed by atoms with Crippen molar-refractivity contribution >= 4 is 5.97 Å². The number of quaternary nitrogens is 1. The normalized spacial score (nSPS) is 12.4. The van der Waals surface area contributed by atoms with Gasteiger partial charge in [0.1, 0.15) is 17.8 Å². The van der Waals surface area contributed by atoms with E-state index in [9.17, 15) is 18.0 Å². The van der Waals surface area contributed by atoms with Crippen LogP contribution in [-0.4, -0.2) is 19.3 Å². The van der Waals surface area contributed by atoms with Crippen LogP contribution in [0.2, 0.25) is 0 Å². The molecule has 0 aliphatic carbocycles. The van der Waals surface area contributed by atoms with Gasteiger partial charge in [-0.25, -0.2) is 4.79 Å². The number of hydrogen-bond donors (Lipinski definition) is 1. The van der Waals surface area contributed by atoms with E-state index < -0.39 is 12.1 Å². The number of aliphatic carboxylic acids is 1. The number of carboxylic acids is 1. The molecular formula is C13H18F3NO5. The molecule has 3 N–H and O–H groups in total. The Bertz CT molecular complexity index is 539. The molecule has 22 heavy (non-hydrogen) atoms. The van der Waals surface area contributed by atoms with Gasteiger partial charge in [-0.15, -0.1) is 0 Å². The molecule has 1 aromatic heterocycles.